The number of rotatable bonds is 3. The Kier molecular flexibility index (Phi) is 2.91. The van der Waals surface area contributed by atoms with Crippen LogP contribution in [0.4, 0.5) is 0 Å². The summed E-state index contributed by atoms with van der Waals surface area (Å²) in [5.74, 6) is -0.835. The van der Waals surface area contributed by atoms with Gasteiger partial charge in [-0.1, -0.05) is 24.3 Å². The summed E-state index contributed by atoms with van der Waals surface area (Å²) in [6.07, 6.45) is 0. The molecule has 0 radical (unpaired) electrons. The number of carbonyl (C=O) groups is 1. The number of nitrogens with two attached hydrogens (primary N) is 1. The zero-order valence-corrected chi connectivity index (χ0v) is 8.45. The van der Waals surface area contributed by atoms with E-state index in [1.165, 1.54) is 0 Å². The van der Waals surface area contributed by atoms with Crippen LogP contribution in [0.5, 0.6) is 0 Å². The number of aliphatic carboxylic acids is 1. The second kappa shape index (κ2) is 3.80. The molecule has 0 aromatic heterocycles. The van der Waals surface area contributed by atoms with E-state index in [0.717, 1.165) is 11.1 Å². The van der Waals surface area contributed by atoms with Gasteiger partial charge in [-0.15, -0.1) is 0 Å². The van der Waals surface area contributed by atoms with E-state index in [9.17, 15) is 4.79 Å². The number of benzene rings is 1. The van der Waals surface area contributed by atoms with E-state index in [0.29, 0.717) is 6.54 Å². The highest BCUT2D eigenvalue weighted by atomic mass is 16.4. The summed E-state index contributed by atoms with van der Waals surface area (Å²) in [4.78, 5) is 11.0. The van der Waals surface area contributed by atoms with Crippen molar-refractivity contribution in [2.24, 2.45) is 5.73 Å². The van der Waals surface area contributed by atoms with Crippen molar-refractivity contribution < 1.29 is 9.90 Å². The fourth-order valence-corrected chi connectivity index (χ4v) is 1.42. The van der Waals surface area contributed by atoms with Crippen LogP contribution in [0.1, 0.15) is 25.0 Å². The molecule has 0 amide bonds. The maximum atomic E-state index is 11.0. The Hall–Kier alpha value is -1.35. The first kappa shape index (κ1) is 10.7. The summed E-state index contributed by atoms with van der Waals surface area (Å²) in [7, 11) is 0. The van der Waals surface area contributed by atoms with E-state index < -0.39 is 11.4 Å². The lowest BCUT2D eigenvalue weighted by atomic mass is 9.82. The largest absolute Gasteiger partial charge is 0.481 e. The lowest BCUT2D eigenvalue weighted by Crippen LogP contribution is -2.30. The van der Waals surface area contributed by atoms with Crippen molar-refractivity contribution in [2.45, 2.75) is 25.8 Å². The molecule has 3 heteroatoms. The van der Waals surface area contributed by atoms with Gasteiger partial charge in [-0.25, -0.2) is 0 Å². The molecule has 1 aromatic carbocycles. The van der Waals surface area contributed by atoms with Crippen LogP contribution in [0.15, 0.2) is 24.3 Å². The maximum absolute atomic E-state index is 11.0. The Balaban J connectivity index is 3.24. The fraction of sp³-hybridized carbons (Fsp3) is 0.364. The predicted molar refractivity (Wildman–Crippen MR) is 55.0 cm³/mol. The minimum absolute atomic E-state index is 0.368. The van der Waals surface area contributed by atoms with E-state index in [1.807, 2.05) is 24.3 Å². The van der Waals surface area contributed by atoms with Gasteiger partial charge in [0.25, 0.3) is 0 Å². The van der Waals surface area contributed by atoms with Gasteiger partial charge in [-0.05, 0) is 25.0 Å². The summed E-state index contributed by atoms with van der Waals surface area (Å²) in [5, 5.41) is 9.07. The zero-order chi connectivity index (χ0) is 10.8. The number of hydrogen-bond acceptors (Lipinski definition) is 2. The fourth-order valence-electron chi connectivity index (χ4n) is 1.42. The molecule has 0 atom stereocenters. The molecule has 0 aliphatic carbocycles. The van der Waals surface area contributed by atoms with Crippen LogP contribution < -0.4 is 5.73 Å². The van der Waals surface area contributed by atoms with Crippen LogP contribution >= 0.6 is 0 Å². The van der Waals surface area contributed by atoms with E-state index in [1.54, 1.807) is 13.8 Å². The summed E-state index contributed by atoms with van der Waals surface area (Å²) in [6.45, 7) is 3.74. The zero-order valence-electron chi connectivity index (χ0n) is 8.45. The molecule has 14 heavy (non-hydrogen) atoms. The molecule has 3 N–H and O–H groups in total. The average Bonchev–Trinajstić information content (AvgIpc) is 2.17. The SMILES string of the molecule is CC(C)(C(=O)O)c1ccccc1CN. The highest BCUT2D eigenvalue weighted by Gasteiger charge is 2.30. The third-order valence-electron chi connectivity index (χ3n) is 2.45. The van der Waals surface area contributed by atoms with Crippen LogP contribution in [-0.2, 0) is 16.8 Å². The monoisotopic (exact) mass is 193 g/mol. The third-order valence-corrected chi connectivity index (χ3v) is 2.45. The molecule has 0 aliphatic rings. The van der Waals surface area contributed by atoms with Crippen LogP contribution in [-0.4, -0.2) is 11.1 Å². The number of hydrogen-bond donors (Lipinski definition) is 2. The second-order valence-corrected chi connectivity index (χ2v) is 3.79. The second-order valence-electron chi connectivity index (χ2n) is 3.79. The van der Waals surface area contributed by atoms with Gasteiger partial charge in [-0.3, -0.25) is 4.79 Å². The van der Waals surface area contributed by atoms with Crippen molar-refractivity contribution in [1.82, 2.24) is 0 Å². The van der Waals surface area contributed by atoms with E-state index in [-0.39, 0.29) is 0 Å². The molecule has 0 unspecified atom stereocenters. The predicted octanol–water partition coefficient (Wildman–Crippen LogP) is 1.51. The maximum Gasteiger partial charge on any atom is 0.313 e. The van der Waals surface area contributed by atoms with Crippen LogP contribution in [0.2, 0.25) is 0 Å². The van der Waals surface area contributed by atoms with Crippen LogP contribution in [0.25, 0.3) is 0 Å². The number of carboxylic acids is 1. The molecular formula is C11H15NO2. The molecule has 0 bridgehead atoms. The molecule has 0 heterocycles. The molecule has 0 saturated heterocycles. The highest BCUT2D eigenvalue weighted by molar-refractivity contribution is 5.80. The standard InChI is InChI=1S/C11H15NO2/c1-11(2,10(13)14)9-6-4-3-5-8(9)7-12/h3-6H,7,12H2,1-2H3,(H,13,14). The Morgan fingerprint density at radius 2 is 2.00 bits per heavy atom. The minimum atomic E-state index is -0.879. The van der Waals surface area contributed by atoms with Crippen molar-refractivity contribution in [2.75, 3.05) is 0 Å². The minimum Gasteiger partial charge on any atom is -0.481 e. The van der Waals surface area contributed by atoms with Gasteiger partial charge in [0, 0.05) is 6.54 Å². The Morgan fingerprint density at radius 1 is 1.43 bits per heavy atom. The molecule has 3 nitrogen and oxygen atoms in total. The molecular weight excluding hydrogens is 178 g/mol. The Bertz CT molecular complexity index is 345. The third kappa shape index (κ3) is 1.77. The molecule has 0 spiro atoms. The van der Waals surface area contributed by atoms with Gasteiger partial charge < -0.3 is 10.8 Å². The summed E-state index contributed by atoms with van der Waals surface area (Å²) in [6, 6.07) is 7.37. The highest BCUT2D eigenvalue weighted by Crippen LogP contribution is 2.26. The lowest BCUT2D eigenvalue weighted by molar-refractivity contribution is -0.142. The van der Waals surface area contributed by atoms with E-state index in [4.69, 9.17) is 10.8 Å². The smallest absolute Gasteiger partial charge is 0.313 e. The first-order valence-electron chi connectivity index (χ1n) is 4.52. The van der Waals surface area contributed by atoms with E-state index >= 15 is 0 Å². The summed E-state index contributed by atoms with van der Waals surface area (Å²) < 4.78 is 0. The quantitative estimate of drug-likeness (QED) is 0.764. The van der Waals surface area contributed by atoms with E-state index in [2.05, 4.69) is 0 Å². The molecule has 1 rings (SSSR count). The molecule has 0 saturated carbocycles. The Morgan fingerprint density at radius 3 is 2.50 bits per heavy atom. The van der Waals surface area contributed by atoms with Gasteiger partial charge >= 0.3 is 5.97 Å². The van der Waals surface area contributed by atoms with Gasteiger partial charge in [-0.2, -0.15) is 0 Å². The summed E-state index contributed by atoms with van der Waals surface area (Å²) in [5.41, 5.74) is 6.35. The molecule has 0 fully saturated rings. The molecule has 0 aliphatic heterocycles. The van der Waals surface area contributed by atoms with Crippen molar-refractivity contribution in [3.63, 3.8) is 0 Å². The molecule has 76 valence electrons. The number of carboxylic acid groups (broad SMARTS) is 1. The summed E-state index contributed by atoms with van der Waals surface area (Å²) >= 11 is 0. The first-order chi connectivity index (χ1) is 6.50. The van der Waals surface area contributed by atoms with Crippen molar-refractivity contribution >= 4 is 5.97 Å². The van der Waals surface area contributed by atoms with Crippen molar-refractivity contribution in [1.29, 1.82) is 0 Å². The van der Waals surface area contributed by atoms with Crippen LogP contribution in [0.3, 0.4) is 0 Å². The average molecular weight is 193 g/mol. The first-order valence-corrected chi connectivity index (χ1v) is 4.52. The van der Waals surface area contributed by atoms with Gasteiger partial charge in [0.15, 0.2) is 0 Å². The topological polar surface area (TPSA) is 63.3 Å². The van der Waals surface area contributed by atoms with Crippen molar-refractivity contribution in [3.05, 3.63) is 35.4 Å². The van der Waals surface area contributed by atoms with Gasteiger partial charge in [0.2, 0.25) is 0 Å². The Labute approximate surface area is 83.6 Å². The van der Waals surface area contributed by atoms with Crippen molar-refractivity contribution in [3.8, 4) is 0 Å². The normalized spacial score (nSPS) is 11.4. The van der Waals surface area contributed by atoms with Gasteiger partial charge in [0.1, 0.15) is 0 Å². The van der Waals surface area contributed by atoms with Crippen LogP contribution in [0, 0.1) is 0 Å². The lowest BCUT2D eigenvalue weighted by Gasteiger charge is -2.22. The molecule has 1 aromatic rings. The van der Waals surface area contributed by atoms with Gasteiger partial charge in [0.05, 0.1) is 5.41 Å².